The molecule has 18 heavy (non-hydrogen) atoms. The summed E-state index contributed by atoms with van der Waals surface area (Å²) in [6.45, 7) is 2.83. The number of hydrogen-bond acceptors (Lipinski definition) is 2. The van der Waals surface area contributed by atoms with Gasteiger partial charge >= 0.3 is 0 Å². The van der Waals surface area contributed by atoms with Gasteiger partial charge in [-0.3, -0.25) is 4.79 Å². The van der Waals surface area contributed by atoms with Crippen LogP contribution in [0.5, 0.6) is 0 Å². The van der Waals surface area contributed by atoms with Gasteiger partial charge in [0, 0.05) is 16.9 Å². The SMILES string of the molecule is CC1(CNC(=O)c2ccc(F)c(Br)c2)CCCS1. The molecule has 98 valence electrons. The number of carbonyl (C=O) groups is 1. The summed E-state index contributed by atoms with van der Waals surface area (Å²) in [5.41, 5.74) is 0.481. The van der Waals surface area contributed by atoms with E-state index < -0.39 is 0 Å². The molecule has 1 N–H and O–H groups in total. The van der Waals surface area contributed by atoms with Crippen LogP contribution in [0.4, 0.5) is 4.39 Å². The summed E-state index contributed by atoms with van der Waals surface area (Å²) >= 11 is 4.99. The predicted octanol–water partition coefficient (Wildman–Crippen LogP) is 3.60. The molecule has 0 saturated carbocycles. The van der Waals surface area contributed by atoms with Crippen LogP contribution >= 0.6 is 27.7 Å². The van der Waals surface area contributed by atoms with Crippen LogP contribution in [0.3, 0.4) is 0 Å². The van der Waals surface area contributed by atoms with Crippen LogP contribution in [-0.4, -0.2) is 23.0 Å². The number of amides is 1. The summed E-state index contributed by atoms with van der Waals surface area (Å²) in [5, 5.41) is 2.93. The molecule has 0 aromatic heterocycles. The third-order valence-electron chi connectivity index (χ3n) is 3.11. The number of benzene rings is 1. The van der Waals surface area contributed by atoms with E-state index in [1.807, 2.05) is 11.8 Å². The maximum Gasteiger partial charge on any atom is 0.251 e. The molecule has 1 fully saturated rings. The second-order valence-corrected chi connectivity index (χ2v) is 7.25. The maximum atomic E-state index is 13.1. The van der Waals surface area contributed by atoms with Crippen molar-refractivity contribution in [2.24, 2.45) is 0 Å². The largest absolute Gasteiger partial charge is 0.351 e. The zero-order valence-electron chi connectivity index (χ0n) is 10.1. The van der Waals surface area contributed by atoms with Crippen LogP contribution in [0.15, 0.2) is 22.7 Å². The Balaban J connectivity index is 1.97. The van der Waals surface area contributed by atoms with Gasteiger partial charge in [-0.25, -0.2) is 4.39 Å². The minimum atomic E-state index is -0.357. The summed E-state index contributed by atoms with van der Waals surface area (Å²) in [7, 11) is 0. The Morgan fingerprint density at radius 1 is 1.61 bits per heavy atom. The van der Waals surface area contributed by atoms with E-state index >= 15 is 0 Å². The molecule has 1 aliphatic heterocycles. The van der Waals surface area contributed by atoms with Crippen molar-refractivity contribution in [2.45, 2.75) is 24.5 Å². The van der Waals surface area contributed by atoms with Gasteiger partial charge in [-0.05, 0) is 59.6 Å². The summed E-state index contributed by atoms with van der Waals surface area (Å²) in [6.07, 6.45) is 2.34. The summed E-state index contributed by atoms with van der Waals surface area (Å²) in [5.74, 6) is 0.656. The van der Waals surface area contributed by atoms with E-state index in [1.54, 1.807) is 0 Å². The molecule has 1 unspecified atom stereocenters. The van der Waals surface area contributed by atoms with Crippen LogP contribution in [0.2, 0.25) is 0 Å². The van der Waals surface area contributed by atoms with Crippen molar-refractivity contribution in [3.05, 3.63) is 34.1 Å². The Hall–Kier alpha value is -0.550. The van der Waals surface area contributed by atoms with E-state index in [0.29, 0.717) is 16.6 Å². The van der Waals surface area contributed by atoms with Gasteiger partial charge in [-0.2, -0.15) is 11.8 Å². The molecule has 0 radical (unpaired) electrons. The number of nitrogens with one attached hydrogen (secondary N) is 1. The van der Waals surface area contributed by atoms with E-state index in [4.69, 9.17) is 0 Å². The monoisotopic (exact) mass is 331 g/mol. The van der Waals surface area contributed by atoms with Gasteiger partial charge < -0.3 is 5.32 Å². The third kappa shape index (κ3) is 3.26. The molecule has 1 aromatic rings. The zero-order chi connectivity index (χ0) is 13.2. The molecule has 1 aromatic carbocycles. The van der Waals surface area contributed by atoms with Gasteiger partial charge in [0.2, 0.25) is 0 Å². The van der Waals surface area contributed by atoms with Crippen molar-refractivity contribution >= 4 is 33.6 Å². The number of hydrogen-bond donors (Lipinski definition) is 1. The molecule has 1 aliphatic rings. The highest BCUT2D eigenvalue weighted by atomic mass is 79.9. The van der Waals surface area contributed by atoms with Crippen molar-refractivity contribution in [3.63, 3.8) is 0 Å². The number of halogens is 2. The molecule has 2 rings (SSSR count). The van der Waals surface area contributed by atoms with Gasteiger partial charge in [0.15, 0.2) is 0 Å². The Morgan fingerprint density at radius 2 is 2.39 bits per heavy atom. The van der Waals surface area contributed by atoms with Crippen LogP contribution in [0, 0.1) is 5.82 Å². The molecule has 0 spiro atoms. The highest BCUT2D eigenvalue weighted by Gasteiger charge is 2.29. The van der Waals surface area contributed by atoms with E-state index in [-0.39, 0.29) is 16.5 Å². The molecule has 5 heteroatoms. The topological polar surface area (TPSA) is 29.1 Å². The summed E-state index contributed by atoms with van der Waals surface area (Å²) in [6, 6.07) is 4.30. The van der Waals surface area contributed by atoms with Crippen LogP contribution < -0.4 is 5.32 Å². The summed E-state index contributed by atoms with van der Waals surface area (Å²) < 4.78 is 13.5. The van der Waals surface area contributed by atoms with Crippen molar-refractivity contribution in [3.8, 4) is 0 Å². The van der Waals surface area contributed by atoms with Gasteiger partial charge in [0.25, 0.3) is 5.91 Å². The average Bonchev–Trinajstić information content (AvgIpc) is 2.77. The van der Waals surface area contributed by atoms with Crippen molar-refractivity contribution in [2.75, 3.05) is 12.3 Å². The predicted molar refractivity (Wildman–Crippen MR) is 76.5 cm³/mol. The van der Waals surface area contributed by atoms with E-state index in [0.717, 1.165) is 12.2 Å². The first-order valence-electron chi connectivity index (χ1n) is 5.87. The quantitative estimate of drug-likeness (QED) is 0.916. The Morgan fingerprint density at radius 3 is 3.00 bits per heavy atom. The van der Waals surface area contributed by atoms with Crippen molar-refractivity contribution in [1.29, 1.82) is 0 Å². The lowest BCUT2D eigenvalue weighted by Crippen LogP contribution is -2.36. The van der Waals surface area contributed by atoms with Crippen LogP contribution in [0.25, 0.3) is 0 Å². The first kappa shape index (κ1) is 13.9. The van der Waals surface area contributed by atoms with Gasteiger partial charge in [-0.15, -0.1) is 0 Å². The van der Waals surface area contributed by atoms with Gasteiger partial charge in [0.05, 0.1) is 4.47 Å². The first-order valence-corrected chi connectivity index (χ1v) is 7.65. The fourth-order valence-electron chi connectivity index (χ4n) is 1.98. The second-order valence-electron chi connectivity index (χ2n) is 4.71. The highest BCUT2D eigenvalue weighted by Crippen LogP contribution is 2.37. The lowest BCUT2D eigenvalue weighted by atomic mass is 10.1. The Labute approximate surface area is 119 Å². The number of carbonyl (C=O) groups excluding carboxylic acids is 1. The minimum absolute atomic E-state index is 0.146. The molecule has 1 amide bonds. The molecule has 1 atom stereocenters. The van der Waals surface area contributed by atoms with E-state index in [1.165, 1.54) is 24.6 Å². The smallest absolute Gasteiger partial charge is 0.251 e. The molecule has 0 bridgehead atoms. The zero-order valence-corrected chi connectivity index (χ0v) is 12.5. The van der Waals surface area contributed by atoms with E-state index in [2.05, 4.69) is 28.2 Å². The summed E-state index contributed by atoms with van der Waals surface area (Å²) in [4.78, 5) is 11.9. The normalized spacial score (nSPS) is 23.1. The number of thioether (sulfide) groups is 1. The fraction of sp³-hybridized carbons (Fsp3) is 0.462. The van der Waals surface area contributed by atoms with Crippen molar-refractivity contribution < 1.29 is 9.18 Å². The first-order chi connectivity index (χ1) is 8.50. The lowest BCUT2D eigenvalue weighted by Gasteiger charge is -2.22. The van der Waals surface area contributed by atoms with E-state index in [9.17, 15) is 9.18 Å². The number of rotatable bonds is 3. The van der Waals surface area contributed by atoms with Gasteiger partial charge in [0.1, 0.15) is 5.82 Å². The molecule has 1 heterocycles. The lowest BCUT2D eigenvalue weighted by molar-refractivity contribution is 0.0950. The molecule has 0 aliphatic carbocycles. The van der Waals surface area contributed by atoms with Crippen molar-refractivity contribution in [1.82, 2.24) is 5.32 Å². The Bertz CT molecular complexity index is 460. The van der Waals surface area contributed by atoms with Gasteiger partial charge in [-0.1, -0.05) is 0 Å². The Kier molecular flexibility index (Phi) is 4.33. The standard InChI is InChI=1S/C13H15BrFNOS/c1-13(5-2-6-18-13)8-16-12(17)9-3-4-11(15)10(14)7-9/h3-4,7H,2,5-6,8H2,1H3,(H,16,17). The minimum Gasteiger partial charge on any atom is -0.351 e. The molecule has 2 nitrogen and oxygen atoms in total. The highest BCUT2D eigenvalue weighted by molar-refractivity contribution is 9.10. The fourth-order valence-corrected chi connectivity index (χ4v) is 3.61. The molecule has 1 saturated heterocycles. The van der Waals surface area contributed by atoms with Crippen LogP contribution in [-0.2, 0) is 0 Å². The third-order valence-corrected chi connectivity index (χ3v) is 5.25. The molecular formula is C13H15BrFNOS. The van der Waals surface area contributed by atoms with Crippen LogP contribution in [0.1, 0.15) is 30.1 Å². The second kappa shape index (κ2) is 5.61. The molecular weight excluding hydrogens is 317 g/mol. The average molecular weight is 332 g/mol. The maximum absolute atomic E-state index is 13.1.